The Kier molecular flexibility index (Phi) is 8.21. The summed E-state index contributed by atoms with van der Waals surface area (Å²) in [6.45, 7) is 2.74. The summed E-state index contributed by atoms with van der Waals surface area (Å²) >= 11 is 1.17. The monoisotopic (exact) mass is 467 g/mol. The summed E-state index contributed by atoms with van der Waals surface area (Å²) in [5.74, 6) is -0.383. The van der Waals surface area contributed by atoms with E-state index in [9.17, 15) is 17.6 Å². The lowest BCUT2D eigenvalue weighted by Gasteiger charge is -2.25. The number of hydrogen-bond acceptors (Lipinski definition) is 5. The van der Waals surface area contributed by atoms with E-state index in [-0.39, 0.29) is 18.1 Å². The summed E-state index contributed by atoms with van der Waals surface area (Å²) < 4.78 is 40.8. The van der Waals surface area contributed by atoms with Crippen molar-refractivity contribution in [3.05, 3.63) is 52.7 Å². The quantitative estimate of drug-likeness (QED) is 0.568. The number of rotatable bonds is 9. The summed E-state index contributed by atoms with van der Waals surface area (Å²) in [5, 5.41) is 0. The first-order valence-corrected chi connectivity index (χ1v) is 12.8. The Morgan fingerprint density at radius 3 is 2.35 bits per heavy atom. The van der Waals surface area contributed by atoms with Gasteiger partial charge in [-0.25, -0.2) is 12.8 Å². The van der Waals surface area contributed by atoms with E-state index < -0.39 is 10.0 Å². The summed E-state index contributed by atoms with van der Waals surface area (Å²) in [4.78, 5) is 17.5. The minimum absolute atomic E-state index is 0.0741. The van der Waals surface area contributed by atoms with Crippen LogP contribution < -0.4 is 0 Å². The van der Waals surface area contributed by atoms with E-state index >= 15 is 0 Å². The summed E-state index contributed by atoms with van der Waals surface area (Å²) in [5.41, 5.74) is 0.855. The molecule has 0 radical (unpaired) electrons. The third-order valence-corrected chi connectivity index (χ3v) is 8.78. The standard InChI is InChI=1S/C22H30FN3O3S2/c1-24(2)14-15-25(17-18-6-8-19(23)9-7-18)21(27)16-20-10-11-22(30-20)31(28,29)26-12-4-3-5-13-26/h6-11H,3-5,12-17H2,1-2H3. The molecule has 0 N–H and O–H groups in total. The number of sulfonamides is 1. The summed E-state index contributed by atoms with van der Waals surface area (Å²) in [6.07, 6.45) is 2.99. The lowest BCUT2D eigenvalue weighted by atomic mass is 10.2. The highest BCUT2D eigenvalue weighted by Crippen LogP contribution is 2.27. The van der Waals surface area contributed by atoms with E-state index in [0.29, 0.717) is 36.9 Å². The van der Waals surface area contributed by atoms with Crippen LogP contribution in [0.4, 0.5) is 4.39 Å². The van der Waals surface area contributed by atoms with Crippen LogP contribution in [-0.4, -0.2) is 68.7 Å². The molecule has 0 unspecified atom stereocenters. The molecule has 1 amide bonds. The molecule has 0 spiro atoms. The maximum Gasteiger partial charge on any atom is 0.252 e. The molecule has 0 atom stereocenters. The van der Waals surface area contributed by atoms with E-state index in [1.54, 1.807) is 33.5 Å². The fourth-order valence-electron chi connectivity index (χ4n) is 3.51. The molecule has 2 heterocycles. The zero-order valence-electron chi connectivity index (χ0n) is 18.1. The number of halogens is 1. The first-order chi connectivity index (χ1) is 14.8. The largest absolute Gasteiger partial charge is 0.337 e. The molecular weight excluding hydrogens is 437 g/mol. The Labute approximate surface area is 188 Å². The predicted octanol–water partition coefficient (Wildman–Crippen LogP) is 3.19. The van der Waals surface area contributed by atoms with Gasteiger partial charge in [0.1, 0.15) is 10.0 Å². The predicted molar refractivity (Wildman–Crippen MR) is 121 cm³/mol. The molecular formula is C22H30FN3O3S2. The Balaban J connectivity index is 1.69. The van der Waals surface area contributed by atoms with Gasteiger partial charge < -0.3 is 9.80 Å². The molecule has 6 nitrogen and oxygen atoms in total. The van der Waals surface area contributed by atoms with Gasteiger partial charge in [-0.2, -0.15) is 4.31 Å². The van der Waals surface area contributed by atoms with Crippen molar-refractivity contribution in [3.63, 3.8) is 0 Å². The second-order valence-corrected chi connectivity index (χ2v) is 11.4. The van der Waals surface area contributed by atoms with Gasteiger partial charge >= 0.3 is 0 Å². The Morgan fingerprint density at radius 1 is 1.03 bits per heavy atom. The van der Waals surface area contributed by atoms with Crippen molar-refractivity contribution < 1.29 is 17.6 Å². The molecule has 1 aromatic heterocycles. The van der Waals surface area contributed by atoms with Crippen LogP contribution in [0.1, 0.15) is 29.7 Å². The summed E-state index contributed by atoms with van der Waals surface area (Å²) in [7, 11) is 0.397. The van der Waals surface area contributed by atoms with Crippen molar-refractivity contribution in [1.29, 1.82) is 0 Å². The van der Waals surface area contributed by atoms with Crippen molar-refractivity contribution in [2.75, 3.05) is 40.3 Å². The van der Waals surface area contributed by atoms with Crippen LogP contribution in [0, 0.1) is 5.82 Å². The number of hydrogen-bond donors (Lipinski definition) is 0. The van der Waals surface area contributed by atoms with E-state index in [0.717, 1.165) is 29.7 Å². The van der Waals surface area contributed by atoms with Crippen LogP contribution in [0.3, 0.4) is 0 Å². The maximum absolute atomic E-state index is 13.2. The highest BCUT2D eigenvalue weighted by Gasteiger charge is 2.28. The number of thiophene rings is 1. The normalized spacial score (nSPS) is 15.4. The van der Waals surface area contributed by atoms with Gasteiger partial charge in [0.2, 0.25) is 5.91 Å². The van der Waals surface area contributed by atoms with Crippen molar-refractivity contribution in [1.82, 2.24) is 14.1 Å². The number of carbonyl (C=O) groups is 1. The Morgan fingerprint density at radius 2 is 1.71 bits per heavy atom. The molecule has 1 fully saturated rings. The second-order valence-electron chi connectivity index (χ2n) is 8.11. The maximum atomic E-state index is 13.2. The van der Waals surface area contributed by atoms with Crippen molar-refractivity contribution in [2.45, 2.75) is 36.4 Å². The lowest BCUT2D eigenvalue weighted by molar-refractivity contribution is -0.131. The first kappa shape index (κ1) is 23.8. The van der Waals surface area contributed by atoms with Gasteiger partial charge in [-0.05, 0) is 56.8 Å². The van der Waals surface area contributed by atoms with Crippen LogP contribution >= 0.6 is 11.3 Å². The Bertz CT molecular complexity index is 968. The minimum atomic E-state index is -3.49. The SMILES string of the molecule is CN(C)CCN(Cc1ccc(F)cc1)C(=O)Cc1ccc(S(=O)(=O)N2CCCCC2)s1. The number of carbonyl (C=O) groups excluding carboxylic acids is 1. The molecule has 0 bridgehead atoms. The molecule has 1 saturated heterocycles. The molecule has 1 aliphatic rings. The first-order valence-electron chi connectivity index (χ1n) is 10.5. The van der Waals surface area contributed by atoms with Crippen LogP contribution in [-0.2, 0) is 27.8 Å². The fraction of sp³-hybridized carbons (Fsp3) is 0.500. The van der Waals surface area contributed by atoms with E-state index in [1.807, 2.05) is 19.0 Å². The van der Waals surface area contributed by atoms with Gasteiger partial charge in [-0.3, -0.25) is 4.79 Å². The van der Waals surface area contributed by atoms with Crippen molar-refractivity contribution in [2.24, 2.45) is 0 Å². The molecule has 3 rings (SSSR count). The van der Waals surface area contributed by atoms with Crippen LogP contribution in [0.2, 0.25) is 0 Å². The lowest BCUT2D eigenvalue weighted by Crippen LogP contribution is -2.37. The van der Waals surface area contributed by atoms with E-state index in [1.165, 1.54) is 23.5 Å². The van der Waals surface area contributed by atoms with E-state index in [2.05, 4.69) is 0 Å². The molecule has 31 heavy (non-hydrogen) atoms. The van der Waals surface area contributed by atoms with Crippen molar-refractivity contribution in [3.8, 4) is 0 Å². The third-order valence-electron chi connectivity index (χ3n) is 5.33. The van der Waals surface area contributed by atoms with Crippen LogP contribution in [0.5, 0.6) is 0 Å². The molecule has 1 aromatic carbocycles. The zero-order valence-corrected chi connectivity index (χ0v) is 19.7. The van der Waals surface area contributed by atoms with Crippen LogP contribution in [0.15, 0.2) is 40.6 Å². The average molecular weight is 468 g/mol. The van der Waals surface area contributed by atoms with Crippen LogP contribution in [0.25, 0.3) is 0 Å². The zero-order chi connectivity index (χ0) is 22.4. The van der Waals surface area contributed by atoms with Gasteiger partial charge in [-0.15, -0.1) is 11.3 Å². The average Bonchev–Trinajstić information content (AvgIpc) is 3.22. The van der Waals surface area contributed by atoms with Gasteiger partial charge in [0.05, 0.1) is 6.42 Å². The number of nitrogens with zero attached hydrogens (tertiary/aromatic N) is 3. The number of benzene rings is 1. The van der Waals surface area contributed by atoms with Gasteiger partial charge in [0.25, 0.3) is 10.0 Å². The highest BCUT2D eigenvalue weighted by molar-refractivity contribution is 7.91. The third kappa shape index (κ3) is 6.58. The molecule has 2 aromatic rings. The number of amides is 1. The van der Waals surface area contributed by atoms with E-state index in [4.69, 9.17) is 0 Å². The minimum Gasteiger partial charge on any atom is -0.337 e. The molecule has 0 aliphatic carbocycles. The molecule has 9 heteroatoms. The van der Waals surface area contributed by atoms with Gasteiger partial charge in [0, 0.05) is 37.6 Å². The molecule has 170 valence electrons. The molecule has 1 aliphatic heterocycles. The smallest absolute Gasteiger partial charge is 0.252 e. The fourth-order valence-corrected chi connectivity index (χ4v) is 6.53. The highest BCUT2D eigenvalue weighted by atomic mass is 32.2. The summed E-state index contributed by atoms with van der Waals surface area (Å²) in [6, 6.07) is 9.49. The number of likely N-dealkylation sites (N-methyl/N-ethyl adjacent to an activating group) is 1. The molecule has 0 saturated carbocycles. The Hall–Kier alpha value is -1.81. The van der Waals surface area contributed by atoms with Gasteiger partial charge in [-0.1, -0.05) is 18.6 Å². The second kappa shape index (κ2) is 10.7. The topological polar surface area (TPSA) is 60.9 Å². The van der Waals surface area contributed by atoms with Crippen molar-refractivity contribution >= 4 is 27.3 Å². The number of piperidine rings is 1. The van der Waals surface area contributed by atoms with Gasteiger partial charge in [0.15, 0.2) is 0 Å².